The Hall–Kier alpha value is -2.37. The minimum Gasteiger partial charge on any atom is -0.370 e. The largest absolute Gasteiger partial charge is 0.370 e. The van der Waals surface area contributed by atoms with Crippen LogP contribution in [0.5, 0.6) is 0 Å². The summed E-state index contributed by atoms with van der Waals surface area (Å²) in [5.74, 6) is -0.305. The van der Waals surface area contributed by atoms with Crippen LogP contribution in [0.3, 0.4) is 0 Å². The lowest BCUT2D eigenvalue weighted by Crippen LogP contribution is -2.49. The standard InChI is InChI=1S/C17H21N3O3/c18-14(21)8-11-20-15(22)17(19-16(20)23)9-6-13(7-10-17)12-4-2-1-3-5-12/h1-5,13H,6-11H2,(H2,18,21)(H,19,23). The highest BCUT2D eigenvalue weighted by molar-refractivity contribution is 6.07. The van der Waals surface area contributed by atoms with Crippen LogP contribution in [0, 0.1) is 0 Å². The first-order valence-corrected chi connectivity index (χ1v) is 7.99. The number of nitrogens with one attached hydrogen (secondary N) is 1. The molecule has 3 N–H and O–H groups in total. The molecule has 2 fully saturated rings. The van der Waals surface area contributed by atoms with E-state index in [-0.39, 0.29) is 18.9 Å². The van der Waals surface area contributed by atoms with Crippen molar-refractivity contribution in [3.8, 4) is 0 Å². The molecule has 1 heterocycles. The van der Waals surface area contributed by atoms with Crippen molar-refractivity contribution in [3.63, 3.8) is 0 Å². The third-order valence-corrected chi connectivity index (χ3v) is 4.94. The smallest absolute Gasteiger partial charge is 0.325 e. The van der Waals surface area contributed by atoms with Gasteiger partial charge >= 0.3 is 6.03 Å². The molecule has 1 saturated carbocycles. The summed E-state index contributed by atoms with van der Waals surface area (Å²) in [5, 5.41) is 2.85. The van der Waals surface area contributed by atoms with E-state index in [1.165, 1.54) is 5.56 Å². The third kappa shape index (κ3) is 2.93. The van der Waals surface area contributed by atoms with Gasteiger partial charge in [0.1, 0.15) is 5.54 Å². The van der Waals surface area contributed by atoms with E-state index in [0.717, 1.165) is 17.7 Å². The average Bonchev–Trinajstić information content (AvgIpc) is 2.77. The number of hydrogen-bond acceptors (Lipinski definition) is 3. The first-order chi connectivity index (χ1) is 11.0. The van der Waals surface area contributed by atoms with E-state index < -0.39 is 17.5 Å². The van der Waals surface area contributed by atoms with Gasteiger partial charge < -0.3 is 11.1 Å². The number of carbonyl (C=O) groups excluding carboxylic acids is 3. The van der Waals surface area contributed by atoms with Crippen LogP contribution in [0.15, 0.2) is 30.3 Å². The number of nitrogens with zero attached hydrogens (tertiary/aromatic N) is 1. The lowest BCUT2D eigenvalue weighted by Gasteiger charge is -2.35. The van der Waals surface area contributed by atoms with Crippen LogP contribution in [0.4, 0.5) is 4.79 Å². The quantitative estimate of drug-likeness (QED) is 0.825. The van der Waals surface area contributed by atoms with Gasteiger partial charge in [-0.3, -0.25) is 14.5 Å². The summed E-state index contributed by atoms with van der Waals surface area (Å²) in [6.07, 6.45) is 2.98. The molecular formula is C17H21N3O3. The molecule has 0 atom stereocenters. The monoisotopic (exact) mass is 315 g/mol. The number of nitrogens with two attached hydrogens (primary N) is 1. The van der Waals surface area contributed by atoms with Crippen LogP contribution in [0.1, 0.15) is 43.6 Å². The van der Waals surface area contributed by atoms with Gasteiger partial charge in [-0.25, -0.2) is 4.79 Å². The van der Waals surface area contributed by atoms with Gasteiger partial charge in [0, 0.05) is 13.0 Å². The molecule has 1 aromatic rings. The Morgan fingerprint density at radius 2 is 1.87 bits per heavy atom. The number of amides is 4. The second-order valence-electron chi connectivity index (χ2n) is 6.37. The van der Waals surface area contributed by atoms with Crippen molar-refractivity contribution in [3.05, 3.63) is 35.9 Å². The van der Waals surface area contributed by atoms with Crippen LogP contribution in [0.25, 0.3) is 0 Å². The lowest BCUT2D eigenvalue weighted by atomic mass is 9.74. The van der Waals surface area contributed by atoms with Crippen molar-refractivity contribution in [2.24, 2.45) is 5.73 Å². The van der Waals surface area contributed by atoms with E-state index in [4.69, 9.17) is 5.73 Å². The number of rotatable bonds is 4. The summed E-state index contributed by atoms with van der Waals surface area (Å²) in [5.41, 5.74) is 5.60. The maximum absolute atomic E-state index is 12.6. The fraction of sp³-hybridized carbons (Fsp3) is 0.471. The van der Waals surface area contributed by atoms with Crippen LogP contribution in [-0.2, 0) is 9.59 Å². The maximum atomic E-state index is 12.6. The summed E-state index contributed by atoms with van der Waals surface area (Å²) in [4.78, 5) is 36.7. The summed E-state index contributed by atoms with van der Waals surface area (Å²) in [7, 11) is 0. The van der Waals surface area contributed by atoms with E-state index in [1.807, 2.05) is 18.2 Å². The summed E-state index contributed by atoms with van der Waals surface area (Å²) in [6.45, 7) is 0.0594. The number of benzene rings is 1. The Kier molecular flexibility index (Phi) is 4.07. The Morgan fingerprint density at radius 3 is 2.48 bits per heavy atom. The van der Waals surface area contributed by atoms with Gasteiger partial charge in [0.05, 0.1) is 0 Å². The predicted octanol–water partition coefficient (Wildman–Crippen LogP) is 1.51. The van der Waals surface area contributed by atoms with Gasteiger partial charge in [0.25, 0.3) is 5.91 Å². The Bertz CT molecular complexity index is 621. The molecule has 0 unspecified atom stereocenters. The van der Waals surface area contributed by atoms with Crippen LogP contribution >= 0.6 is 0 Å². The normalized spacial score (nSPS) is 27.3. The van der Waals surface area contributed by atoms with E-state index >= 15 is 0 Å². The van der Waals surface area contributed by atoms with E-state index in [2.05, 4.69) is 17.4 Å². The topological polar surface area (TPSA) is 92.5 Å². The summed E-state index contributed by atoms with van der Waals surface area (Å²) < 4.78 is 0. The molecule has 0 radical (unpaired) electrons. The zero-order chi connectivity index (χ0) is 16.4. The summed E-state index contributed by atoms with van der Waals surface area (Å²) >= 11 is 0. The average molecular weight is 315 g/mol. The molecule has 0 bridgehead atoms. The van der Waals surface area contributed by atoms with E-state index in [9.17, 15) is 14.4 Å². The van der Waals surface area contributed by atoms with Gasteiger partial charge in [-0.1, -0.05) is 30.3 Å². The number of primary amides is 1. The second kappa shape index (κ2) is 6.02. The Labute approximate surface area is 135 Å². The number of imide groups is 1. The van der Waals surface area contributed by atoms with Crippen LogP contribution in [0.2, 0.25) is 0 Å². The van der Waals surface area contributed by atoms with Crippen molar-refractivity contribution in [1.82, 2.24) is 10.2 Å². The number of urea groups is 1. The fourth-order valence-corrected chi connectivity index (χ4v) is 3.61. The van der Waals surface area contributed by atoms with Gasteiger partial charge in [0.2, 0.25) is 5.91 Å². The molecule has 1 aliphatic heterocycles. The zero-order valence-electron chi connectivity index (χ0n) is 13.0. The first-order valence-electron chi connectivity index (χ1n) is 7.99. The molecule has 4 amide bonds. The molecule has 6 heteroatoms. The predicted molar refractivity (Wildman–Crippen MR) is 84.4 cm³/mol. The SMILES string of the molecule is NC(=O)CCN1C(=O)NC2(CCC(c3ccccc3)CC2)C1=O. The molecule has 6 nitrogen and oxygen atoms in total. The second-order valence-corrected chi connectivity index (χ2v) is 6.37. The molecule has 0 aromatic heterocycles. The van der Waals surface area contributed by atoms with E-state index in [1.54, 1.807) is 0 Å². The van der Waals surface area contributed by atoms with Gasteiger partial charge in [-0.2, -0.15) is 0 Å². The molecule has 122 valence electrons. The molecule has 1 aromatic carbocycles. The molecular weight excluding hydrogens is 294 g/mol. The first kappa shape index (κ1) is 15.5. The van der Waals surface area contributed by atoms with Gasteiger partial charge in [-0.05, 0) is 37.2 Å². The van der Waals surface area contributed by atoms with Crippen molar-refractivity contribution >= 4 is 17.8 Å². The minimum atomic E-state index is -0.792. The molecule has 23 heavy (non-hydrogen) atoms. The Morgan fingerprint density at radius 1 is 1.22 bits per heavy atom. The maximum Gasteiger partial charge on any atom is 0.325 e. The highest BCUT2D eigenvalue weighted by Crippen LogP contribution is 2.40. The fourth-order valence-electron chi connectivity index (χ4n) is 3.61. The van der Waals surface area contributed by atoms with Crippen LogP contribution < -0.4 is 11.1 Å². The minimum absolute atomic E-state index is 0.00187. The van der Waals surface area contributed by atoms with Crippen molar-refractivity contribution < 1.29 is 14.4 Å². The summed E-state index contributed by atoms with van der Waals surface area (Å²) in [6, 6.07) is 9.84. The molecule has 1 aliphatic carbocycles. The van der Waals surface area contributed by atoms with E-state index in [0.29, 0.717) is 18.8 Å². The van der Waals surface area contributed by atoms with Crippen molar-refractivity contribution in [2.75, 3.05) is 6.54 Å². The molecule has 3 rings (SSSR count). The third-order valence-electron chi connectivity index (χ3n) is 4.94. The van der Waals surface area contributed by atoms with Crippen molar-refractivity contribution in [2.45, 2.75) is 43.6 Å². The number of hydrogen-bond donors (Lipinski definition) is 2. The molecule has 2 aliphatic rings. The van der Waals surface area contributed by atoms with Crippen molar-refractivity contribution in [1.29, 1.82) is 0 Å². The van der Waals surface area contributed by atoms with Gasteiger partial charge in [-0.15, -0.1) is 0 Å². The highest BCUT2D eigenvalue weighted by Gasteiger charge is 2.52. The molecule has 1 saturated heterocycles. The Balaban J connectivity index is 1.67. The lowest BCUT2D eigenvalue weighted by molar-refractivity contribution is -0.132. The zero-order valence-corrected chi connectivity index (χ0v) is 13.0. The highest BCUT2D eigenvalue weighted by atomic mass is 16.2. The molecule has 1 spiro atoms. The van der Waals surface area contributed by atoms with Crippen LogP contribution in [-0.4, -0.2) is 34.8 Å². The van der Waals surface area contributed by atoms with Gasteiger partial charge in [0.15, 0.2) is 0 Å². The number of carbonyl (C=O) groups is 3.